The van der Waals surface area contributed by atoms with Gasteiger partial charge in [-0.15, -0.1) is 0 Å². The number of nitrogens with zero attached hydrogens (tertiary/aromatic N) is 2. The number of benzene rings is 2. The SMILES string of the molecule is CC(c1ccc(Cl)cc1Cl)C(O)(c1ccnc(OCC(=O)O)c1)C(F)(F)F.CC(c1ccc(Cl)cc1Cl)C(O)(c1ccnc(OCCO)c1)C(F)(F)F. The first-order chi connectivity index (χ1) is 24.6. The summed E-state index contributed by atoms with van der Waals surface area (Å²) in [5.41, 5.74) is -7.48. The topological polar surface area (TPSA) is 142 Å². The van der Waals surface area contributed by atoms with Crippen molar-refractivity contribution in [2.24, 2.45) is 0 Å². The fourth-order valence-corrected chi connectivity index (χ4v) is 6.35. The minimum Gasteiger partial charge on any atom is -0.479 e. The Balaban J connectivity index is 0.000000286. The van der Waals surface area contributed by atoms with Crippen LogP contribution in [-0.2, 0) is 16.0 Å². The van der Waals surface area contributed by atoms with E-state index in [0.717, 1.165) is 36.7 Å². The number of aliphatic hydroxyl groups excluding tert-OH is 1. The second-order valence-electron chi connectivity index (χ2n) is 11.3. The van der Waals surface area contributed by atoms with Crippen molar-refractivity contribution >= 4 is 52.4 Å². The number of aliphatic hydroxyl groups is 3. The molecule has 0 fully saturated rings. The highest BCUT2D eigenvalue weighted by molar-refractivity contribution is 6.35. The number of carbonyl (C=O) groups is 1. The number of carboxylic acid groups (broad SMARTS) is 1. The molecule has 288 valence electrons. The molecule has 0 aliphatic carbocycles. The molecule has 4 rings (SSSR count). The maximum atomic E-state index is 13.9. The van der Waals surface area contributed by atoms with Crippen molar-refractivity contribution in [3.05, 3.63) is 115 Å². The van der Waals surface area contributed by atoms with Gasteiger partial charge in [0.05, 0.1) is 6.61 Å². The fraction of sp³-hybridized carbons (Fsp3) is 0.324. The van der Waals surface area contributed by atoms with Gasteiger partial charge in [-0.05, 0) is 47.5 Å². The van der Waals surface area contributed by atoms with E-state index in [2.05, 4.69) is 9.97 Å². The Hall–Kier alpha value is -3.57. The van der Waals surface area contributed by atoms with E-state index < -0.39 is 59.1 Å². The number of aliphatic carboxylic acids is 1. The van der Waals surface area contributed by atoms with Crippen molar-refractivity contribution in [2.75, 3.05) is 19.8 Å². The number of ether oxygens (including phenoxy) is 2. The quantitative estimate of drug-likeness (QED) is 0.103. The van der Waals surface area contributed by atoms with Crippen molar-refractivity contribution in [3.63, 3.8) is 0 Å². The third-order valence-electron chi connectivity index (χ3n) is 8.01. The predicted molar refractivity (Wildman–Crippen MR) is 184 cm³/mol. The summed E-state index contributed by atoms with van der Waals surface area (Å²) in [5, 5.41) is 39.3. The lowest BCUT2D eigenvalue weighted by Gasteiger charge is -2.37. The van der Waals surface area contributed by atoms with E-state index in [1.165, 1.54) is 50.2 Å². The minimum absolute atomic E-state index is 0.0125. The van der Waals surface area contributed by atoms with E-state index in [1.807, 2.05) is 0 Å². The van der Waals surface area contributed by atoms with Crippen LogP contribution >= 0.6 is 46.4 Å². The first-order valence-corrected chi connectivity index (χ1v) is 16.6. The summed E-state index contributed by atoms with van der Waals surface area (Å²) in [6.07, 6.45) is -8.01. The number of carboxylic acids is 1. The van der Waals surface area contributed by atoms with Crippen LogP contribution in [0, 0.1) is 0 Å². The van der Waals surface area contributed by atoms with E-state index in [9.17, 15) is 41.4 Å². The standard InChI is InChI=1S/C17H14Cl2F3NO4.C17H16Cl2F3NO3/c1-9(12-3-2-11(18)7-13(12)19)16(26,17(20,21)22)10-4-5-23-14(6-10)27-8-15(24)25;1-10(13-3-2-12(18)9-14(13)19)16(25,17(20,21)22)11-4-5-23-15(8-11)26-7-6-24/h2-7,9,26H,8H2,1H3,(H,24,25);2-5,8-10,24-25H,6-7H2,1H3. The maximum Gasteiger partial charge on any atom is 0.422 e. The van der Waals surface area contributed by atoms with Crippen LogP contribution in [0.1, 0.15) is 47.9 Å². The molecule has 0 amide bonds. The highest BCUT2D eigenvalue weighted by Crippen LogP contribution is 2.51. The molecule has 4 aromatic rings. The van der Waals surface area contributed by atoms with Gasteiger partial charge in [0.15, 0.2) is 17.8 Å². The summed E-state index contributed by atoms with van der Waals surface area (Å²) in [4.78, 5) is 18.0. The van der Waals surface area contributed by atoms with E-state index in [-0.39, 0.29) is 56.2 Å². The third-order valence-corrected chi connectivity index (χ3v) is 9.14. The zero-order valence-corrected chi connectivity index (χ0v) is 30.4. The van der Waals surface area contributed by atoms with E-state index in [4.69, 9.17) is 66.1 Å². The second-order valence-corrected chi connectivity index (χ2v) is 13.0. The number of alkyl halides is 6. The molecule has 19 heteroatoms. The lowest BCUT2D eigenvalue weighted by molar-refractivity contribution is -0.274. The highest BCUT2D eigenvalue weighted by Gasteiger charge is 2.60. The van der Waals surface area contributed by atoms with E-state index >= 15 is 0 Å². The Morgan fingerprint density at radius 2 is 1.09 bits per heavy atom. The van der Waals surface area contributed by atoms with Gasteiger partial charge in [0.1, 0.15) is 6.61 Å². The molecule has 53 heavy (non-hydrogen) atoms. The molecule has 0 bridgehead atoms. The normalized spacial score (nSPS) is 15.2. The predicted octanol–water partition coefficient (Wildman–Crippen LogP) is 8.72. The molecule has 9 nitrogen and oxygen atoms in total. The lowest BCUT2D eigenvalue weighted by Crippen LogP contribution is -2.46. The Kier molecular flexibility index (Phi) is 14.6. The Labute approximate surface area is 318 Å². The summed E-state index contributed by atoms with van der Waals surface area (Å²) in [6, 6.07) is 11.9. The zero-order valence-electron chi connectivity index (χ0n) is 27.4. The molecule has 4 N–H and O–H groups in total. The van der Waals surface area contributed by atoms with Gasteiger partial charge < -0.3 is 29.9 Å². The Bertz CT molecular complexity index is 1890. The average molecular weight is 834 g/mol. The van der Waals surface area contributed by atoms with Crippen molar-refractivity contribution in [2.45, 2.75) is 49.2 Å². The van der Waals surface area contributed by atoms with Gasteiger partial charge in [-0.25, -0.2) is 14.8 Å². The Morgan fingerprint density at radius 3 is 1.43 bits per heavy atom. The Morgan fingerprint density at radius 1 is 0.698 bits per heavy atom. The van der Waals surface area contributed by atoms with Crippen molar-refractivity contribution in [3.8, 4) is 11.8 Å². The van der Waals surface area contributed by atoms with Crippen LogP contribution in [0.5, 0.6) is 11.8 Å². The minimum atomic E-state index is -5.08. The average Bonchev–Trinajstić information content (AvgIpc) is 3.08. The van der Waals surface area contributed by atoms with Crippen LogP contribution in [0.2, 0.25) is 20.1 Å². The van der Waals surface area contributed by atoms with E-state index in [1.54, 1.807) is 0 Å². The molecule has 0 aliphatic heterocycles. The molecule has 4 unspecified atom stereocenters. The van der Waals surface area contributed by atoms with Gasteiger partial charge in [0.25, 0.3) is 0 Å². The van der Waals surface area contributed by atoms with Gasteiger partial charge in [0.2, 0.25) is 11.8 Å². The zero-order chi connectivity index (χ0) is 39.9. The molecule has 4 atom stereocenters. The number of halogens is 10. The first-order valence-electron chi connectivity index (χ1n) is 15.1. The van der Waals surface area contributed by atoms with Crippen LogP contribution in [0.25, 0.3) is 0 Å². The van der Waals surface area contributed by atoms with Crippen molar-refractivity contribution in [1.82, 2.24) is 9.97 Å². The molecular weight excluding hydrogens is 804 g/mol. The van der Waals surface area contributed by atoms with Crippen LogP contribution < -0.4 is 9.47 Å². The van der Waals surface area contributed by atoms with Gasteiger partial charge >= 0.3 is 18.3 Å². The molecular formula is C34H30Cl4F6N2O7. The van der Waals surface area contributed by atoms with Crippen molar-refractivity contribution < 1.29 is 61.0 Å². The summed E-state index contributed by atoms with van der Waals surface area (Å²) < 4.78 is 93.3. The van der Waals surface area contributed by atoms with Gasteiger partial charge in [0, 0.05) is 67.6 Å². The van der Waals surface area contributed by atoms with Gasteiger partial charge in [-0.3, -0.25) is 0 Å². The molecule has 0 aliphatic rings. The molecule has 0 spiro atoms. The van der Waals surface area contributed by atoms with Crippen LogP contribution in [0.3, 0.4) is 0 Å². The number of hydrogen-bond acceptors (Lipinski definition) is 8. The fourth-order valence-electron chi connectivity index (χ4n) is 5.21. The monoisotopic (exact) mass is 832 g/mol. The van der Waals surface area contributed by atoms with Crippen LogP contribution in [0.4, 0.5) is 26.3 Å². The molecule has 0 saturated heterocycles. The number of rotatable bonds is 12. The van der Waals surface area contributed by atoms with E-state index in [0.29, 0.717) is 0 Å². The number of hydrogen-bond donors (Lipinski definition) is 4. The van der Waals surface area contributed by atoms with Crippen LogP contribution in [0.15, 0.2) is 73.1 Å². The summed E-state index contributed by atoms with van der Waals surface area (Å²) in [5.74, 6) is -4.80. The largest absolute Gasteiger partial charge is 0.479 e. The third kappa shape index (κ3) is 10.1. The smallest absolute Gasteiger partial charge is 0.422 e. The first kappa shape index (κ1) is 43.8. The van der Waals surface area contributed by atoms with Gasteiger partial charge in [-0.1, -0.05) is 72.4 Å². The second kappa shape index (κ2) is 17.7. The summed E-state index contributed by atoms with van der Waals surface area (Å²) in [7, 11) is 0. The molecule has 2 aromatic heterocycles. The number of aromatic nitrogens is 2. The highest BCUT2D eigenvalue weighted by atomic mass is 35.5. The summed E-state index contributed by atoms with van der Waals surface area (Å²) >= 11 is 23.6. The number of pyridine rings is 2. The molecule has 2 aromatic carbocycles. The molecule has 2 heterocycles. The van der Waals surface area contributed by atoms with Crippen molar-refractivity contribution in [1.29, 1.82) is 0 Å². The molecule has 0 radical (unpaired) electrons. The lowest BCUT2D eigenvalue weighted by atomic mass is 9.78. The maximum absolute atomic E-state index is 13.9. The summed E-state index contributed by atoms with van der Waals surface area (Å²) in [6.45, 7) is 1.13. The van der Waals surface area contributed by atoms with Crippen LogP contribution in [-0.4, -0.2) is 68.5 Å². The molecule has 0 saturated carbocycles. The van der Waals surface area contributed by atoms with Gasteiger partial charge in [-0.2, -0.15) is 26.3 Å².